The third-order valence-corrected chi connectivity index (χ3v) is 7.47. The fourth-order valence-corrected chi connectivity index (χ4v) is 5.22. The van der Waals surface area contributed by atoms with Crippen molar-refractivity contribution in [1.29, 1.82) is 0 Å². The van der Waals surface area contributed by atoms with E-state index in [1.165, 1.54) is 16.4 Å². The number of sulfonamides is 1. The number of halogens is 1. The van der Waals surface area contributed by atoms with Gasteiger partial charge in [0.05, 0.1) is 10.9 Å². The van der Waals surface area contributed by atoms with Crippen LogP contribution in [0.5, 0.6) is 0 Å². The maximum absolute atomic E-state index is 13.2. The maximum atomic E-state index is 13.2. The van der Waals surface area contributed by atoms with Crippen LogP contribution in [0.3, 0.4) is 0 Å². The minimum absolute atomic E-state index is 0.0688. The number of piperidine rings is 1. The molecule has 1 aliphatic heterocycles. The summed E-state index contributed by atoms with van der Waals surface area (Å²) in [6, 6.07) is 14.6. The summed E-state index contributed by atoms with van der Waals surface area (Å²) in [7, 11) is 0.296. The third kappa shape index (κ3) is 5.24. The predicted molar refractivity (Wildman–Crippen MR) is 114 cm³/mol. The van der Waals surface area contributed by atoms with E-state index in [1.54, 1.807) is 42.5 Å². The van der Waals surface area contributed by atoms with Gasteiger partial charge < -0.3 is 10.2 Å². The molecule has 1 fully saturated rings. The van der Waals surface area contributed by atoms with Crippen LogP contribution in [0.15, 0.2) is 59.5 Å². The Hall–Kier alpha value is -2.29. The third-order valence-electron chi connectivity index (χ3n) is 5.55. The van der Waals surface area contributed by atoms with Gasteiger partial charge in [-0.05, 0) is 56.8 Å². The molecule has 1 N–H and O–H groups in total. The number of amides is 1. The van der Waals surface area contributed by atoms with Crippen molar-refractivity contribution in [2.45, 2.75) is 23.8 Å². The van der Waals surface area contributed by atoms with Gasteiger partial charge in [0.1, 0.15) is 5.82 Å². The quantitative estimate of drug-likeness (QED) is 0.729. The Morgan fingerprint density at radius 2 is 1.70 bits per heavy atom. The average Bonchev–Trinajstić information content (AvgIpc) is 2.75. The first-order valence-electron chi connectivity index (χ1n) is 10.0. The van der Waals surface area contributed by atoms with Gasteiger partial charge >= 0.3 is 0 Å². The summed E-state index contributed by atoms with van der Waals surface area (Å²) in [5, 5.41) is 2.99. The predicted octanol–water partition coefficient (Wildman–Crippen LogP) is 2.65. The highest BCUT2D eigenvalue weighted by Gasteiger charge is 2.32. The number of carbonyl (C=O) groups excluding carboxylic acids is 1. The Morgan fingerprint density at radius 1 is 1.10 bits per heavy atom. The summed E-state index contributed by atoms with van der Waals surface area (Å²) in [4.78, 5) is 14.9. The van der Waals surface area contributed by atoms with E-state index in [4.69, 9.17) is 0 Å². The van der Waals surface area contributed by atoms with Gasteiger partial charge in [0.15, 0.2) is 0 Å². The van der Waals surface area contributed by atoms with Crippen LogP contribution in [0.2, 0.25) is 0 Å². The molecule has 2 aromatic rings. The molecule has 1 saturated heterocycles. The molecule has 1 unspecified atom stereocenters. The van der Waals surface area contributed by atoms with Crippen LogP contribution in [0, 0.1) is 11.7 Å². The highest BCUT2D eigenvalue weighted by Crippen LogP contribution is 2.24. The van der Waals surface area contributed by atoms with Crippen LogP contribution < -0.4 is 5.32 Å². The van der Waals surface area contributed by atoms with Crippen LogP contribution in [0.25, 0.3) is 0 Å². The molecule has 1 aliphatic rings. The van der Waals surface area contributed by atoms with Crippen molar-refractivity contribution in [2.75, 3.05) is 33.7 Å². The fourth-order valence-electron chi connectivity index (χ4n) is 3.72. The fraction of sp³-hybridized carbons (Fsp3) is 0.409. The van der Waals surface area contributed by atoms with Gasteiger partial charge in [0.2, 0.25) is 15.9 Å². The van der Waals surface area contributed by atoms with Crippen molar-refractivity contribution in [3.8, 4) is 0 Å². The van der Waals surface area contributed by atoms with Crippen molar-refractivity contribution in [3.63, 3.8) is 0 Å². The number of nitrogens with zero attached hydrogens (tertiary/aromatic N) is 2. The molecule has 8 heteroatoms. The highest BCUT2D eigenvalue weighted by molar-refractivity contribution is 7.89. The summed E-state index contributed by atoms with van der Waals surface area (Å²) < 4.78 is 40.1. The lowest BCUT2D eigenvalue weighted by atomic mass is 9.97. The number of rotatable bonds is 7. The Balaban J connectivity index is 1.55. The lowest BCUT2D eigenvalue weighted by molar-refractivity contribution is -0.126. The molecule has 3 rings (SSSR count). The van der Waals surface area contributed by atoms with E-state index in [0.717, 1.165) is 5.56 Å². The molecular formula is C22H28FN3O3S. The first kappa shape index (κ1) is 22.4. The van der Waals surface area contributed by atoms with E-state index in [2.05, 4.69) is 5.32 Å². The molecular weight excluding hydrogens is 405 g/mol. The van der Waals surface area contributed by atoms with Crippen LogP contribution in [0.4, 0.5) is 4.39 Å². The van der Waals surface area contributed by atoms with Crippen molar-refractivity contribution < 1.29 is 17.6 Å². The molecule has 0 aliphatic carbocycles. The number of hydrogen-bond donors (Lipinski definition) is 1. The summed E-state index contributed by atoms with van der Waals surface area (Å²) in [6.45, 7) is 1.05. The van der Waals surface area contributed by atoms with Gasteiger partial charge in [-0.3, -0.25) is 4.79 Å². The second-order valence-corrected chi connectivity index (χ2v) is 9.71. The zero-order chi connectivity index (χ0) is 21.7. The number of benzene rings is 2. The molecule has 0 spiro atoms. The summed E-state index contributed by atoms with van der Waals surface area (Å²) in [6.07, 6.45) is 0.974. The molecule has 162 valence electrons. The van der Waals surface area contributed by atoms with E-state index in [1.807, 2.05) is 19.0 Å². The smallest absolute Gasteiger partial charge is 0.243 e. The van der Waals surface area contributed by atoms with Crippen molar-refractivity contribution in [1.82, 2.24) is 14.5 Å². The molecule has 1 amide bonds. The normalized spacial score (nSPS) is 17.1. The van der Waals surface area contributed by atoms with E-state index in [-0.39, 0.29) is 28.6 Å². The summed E-state index contributed by atoms with van der Waals surface area (Å²) in [5.41, 5.74) is 0.922. The molecule has 2 aromatic carbocycles. The standard InChI is InChI=1S/C22H28FN3O3S/c1-25(2)21(17-8-10-19(23)11-9-17)16-24-22(27)18-12-14-26(15-13-18)30(28,29)20-6-4-3-5-7-20/h3-11,18,21H,12-16H2,1-2H3,(H,24,27). The van der Waals surface area contributed by atoms with Crippen LogP contribution in [0.1, 0.15) is 24.4 Å². The van der Waals surface area contributed by atoms with Crippen molar-refractivity contribution in [2.24, 2.45) is 5.92 Å². The van der Waals surface area contributed by atoms with Gasteiger partial charge in [0, 0.05) is 25.6 Å². The van der Waals surface area contributed by atoms with E-state index < -0.39 is 10.0 Å². The van der Waals surface area contributed by atoms with Crippen LogP contribution in [-0.4, -0.2) is 57.3 Å². The van der Waals surface area contributed by atoms with Crippen molar-refractivity contribution in [3.05, 3.63) is 66.0 Å². The minimum atomic E-state index is -3.52. The molecule has 0 radical (unpaired) electrons. The number of nitrogens with one attached hydrogen (secondary N) is 1. The zero-order valence-corrected chi connectivity index (χ0v) is 18.1. The molecule has 1 heterocycles. The minimum Gasteiger partial charge on any atom is -0.354 e. The Bertz CT molecular complexity index is 941. The maximum Gasteiger partial charge on any atom is 0.243 e. The summed E-state index contributed by atoms with van der Waals surface area (Å²) >= 11 is 0. The molecule has 0 bridgehead atoms. The van der Waals surface area contributed by atoms with Gasteiger partial charge in [0.25, 0.3) is 0 Å². The Kier molecular flexibility index (Phi) is 7.23. The molecule has 30 heavy (non-hydrogen) atoms. The highest BCUT2D eigenvalue weighted by atomic mass is 32.2. The summed E-state index contributed by atoms with van der Waals surface area (Å²) in [5.74, 6) is -0.582. The lowest BCUT2D eigenvalue weighted by Crippen LogP contribution is -2.44. The first-order valence-corrected chi connectivity index (χ1v) is 11.5. The first-order chi connectivity index (χ1) is 14.3. The van der Waals surface area contributed by atoms with E-state index in [0.29, 0.717) is 32.5 Å². The van der Waals surface area contributed by atoms with Crippen LogP contribution in [-0.2, 0) is 14.8 Å². The second kappa shape index (κ2) is 9.68. The van der Waals surface area contributed by atoms with Gasteiger partial charge in [-0.2, -0.15) is 4.31 Å². The van der Waals surface area contributed by atoms with Gasteiger partial charge in [-0.25, -0.2) is 12.8 Å². The molecule has 6 nitrogen and oxygen atoms in total. The molecule has 1 atom stereocenters. The van der Waals surface area contributed by atoms with Crippen molar-refractivity contribution >= 4 is 15.9 Å². The Morgan fingerprint density at radius 3 is 2.27 bits per heavy atom. The SMILES string of the molecule is CN(C)C(CNC(=O)C1CCN(S(=O)(=O)c2ccccc2)CC1)c1ccc(F)cc1. The number of likely N-dealkylation sites (N-methyl/N-ethyl adjacent to an activating group) is 1. The number of hydrogen-bond acceptors (Lipinski definition) is 4. The van der Waals surface area contributed by atoms with Crippen LogP contribution >= 0.6 is 0 Å². The second-order valence-electron chi connectivity index (χ2n) is 7.77. The molecule has 0 aromatic heterocycles. The zero-order valence-electron chi connectivity index (χ0n) is 17.3. The van der Waals surface area contributed by atoms with E-state index >= 15 is 0 Å². The average molecular weight is 434 g/mol. The van der Waals surface area contributed by atoms with Gasteiger partial charge in [-0.1, -0.05) is 30.3 Å². The monoisotopic (exact) mass is 433 g/mol. The lowest BCUT2D eigenvalue weighted by Gasteiger charge is -2.31. The largest absolute Gasteiger partial charge is 0.354 e. The number of carbonyl (C=O) groups is 1. The topological polar surface area (TPSA) is 69.7 Å². The van der Waals surface area contributed by atoms with E-state index in [9.17, 15) is 17.6 Å². The van der Waals surface area contributed by atoms with Gasteiger partial charge in [-0.15, -0.1) is 0 Å². The Labute approximate surface area is 177 Å². The molecule has 0 saturated carbocycles.